The van der Waals surface area contributed by atoms with Gasteiger partial charge in [0.05, 0.1) is 13.2 Å². The maximum atomic E-state index is 12.7. The fraction of sp³-hybridized carbons (Fsp3) is 0.316. The van der Waals surface area contributed by atoms with Crippen LogP contribution in [0.15, 0.2) is 45.3 Å². The van der Waals surface area contributed by atoms with Crippen LogP contribution in [0, 0.1) is 0 Å². The second-order valence-corrected chi connectivity index (χ2v) is 6.12. The van der Waals surface area contributed by atoms with Crippen molar-refractivity contribution < 1.29 is 23.2 Å². The Morgan fingerprint density at radius 3 is 3.15 bits per heavy atom. The predicted octanol–water partition coefficient (Wildman–Crippen LogP) is 2.58. The number of benzene rings is 1. The molecule has 1 fully saturated rings. The lowest BCUT2D eigenvalue weighted by Gasteiger charge is -2.32. The van der Waals surface area contributed by atoms with Crippen LogP contribution in [-0.4, -0.2) is 47.8 Å². The Bertz CT molecular complexity index is 928. The molecule has 0 aliphatic carbocycles. The topological polar surface area (TPSA) is 90.8 Å². The molecule has 0 bridgehead atoms. The second-order valence-electron chi connectivity index (χ2n) is 6.12. The molecule has 8 nitrogen and oxygen atoms in total. The number of hydrogen-bond donors (Lipinski definition) is 0. The highest BCUT2D eigenvalue weighted by atomic mass is 16.5. The molecule has 0 spiro atoms. The third kappa shape index (κ3) is 3.76. The monoisotopic (exact) mass is 369 g/mol. The van der Waals surface area contributed by atoms with Gasteiger partial charge in [0, 0.05) is 25.1 Å². The van der Waals surface area contributed by atoms with E-state index in [1.54, 1.807) is 18.1 Å². The molecule has 3 aromatic rings. The van der Waals surface area contributed by atoms with Crippen LogP contribution in [0.5, 0.6) is 0 Å². The lowest BCUT2D eigenvalue weighted by molar-refractivity contribution is -0.135. The van der Waals surface area contributed by atoms with Crippen LogP contribution in [0.4, 0.5) is 0 Å². The Morgan fingerprint density at radius 2 is 2.30 bits per heavy atom. The fourth-order valence-corrected chi connectivity index (χ4v) is 3.00. The number of para-hydroxylation sites is 1. The number of fused-ring (bicyclic) bond motifs is 1. The first-order chi connectivity index (χ1) is 13.2. The SMILES string of the molecule is COCc1nc(C2COCCN2C(=O)C=Cc2cc3ccccc3o2)no1. The molecule has 1 saturated heterocycles. The van der Waals surface area contributed by atoms with Crippen molar-refractivity contribution in [3.8, 4) is 0 Å². The van der Waals surface area contributed by atoms with Crippen LogP contribution in [-0.2, 0) is 20.9 Å². The number of rotatable bonds is 5. The zero-order chi connectivity index (χ0) is 18.6. The quantitative estimate of drug-likeness (QED) is 0.638. The summed E-state index contributed by atoms with van der Waals surface area (Å²) < 4.78 is 21.3. The van der Waals surface area contributed by atoms with Crippen molar-refractivity contribution in [2.45, 2.75) is 12.6 Å². The van der Waals surface area contributed by atoms with Crippen molar-refractivity contribution in [3.63, 3.8) is 0 Å². The number of methoxy groups -OCH3 is 1. The molecule has 0 saturated carbocycles. The molecule has 1 aliphatic rings. The molecule has 0 radical (unpaired) electrons. The first-order valence-corrected chi connectivity index (χ1v) is 8.61. The fourth-order valence-electron chi connectivity index (χ4n) is 3.00. The van der Waals surface area contributed by atoms with Gasteiger partial charge in [-0.25, -0.2) is 0 Å². The van der Waals surface area contributed by atoms with Crippen LogP contribution in [0.1, 0.15) is 23.5 Å². The number of aromatic nitrogens is 2. The summed E-state index contributed by atoms with van der Waals surface area (Å²) in [5.74, 6) is 1.23. The number of amides is 1. The van der Waals surface area contributed by atoms with Crippen LogP contribution in [0.25, 0.3) is 17.0 Å². The summed E-state index contributed by atoms with van der Waals surface area (Å²) in [7, 11) is 1.55. The lowest BCUT2D eigenvalue weighted by Crippen LogP contribution is -2.43. The second kappa shape index (κ2) is 7.73. The van der Waals surface area contributed by atoms with E-state index in [9.17, 15) is 4.79 Å². The van der Waals surface area contributed by atoms with Gasteiger partial charge >= 0.3 is 0 Å². The summed E-state index contributed by atoms with van der Waals surface area (Å²) in [6.45, 7) is 1.45. The number of hydrogen-bond acceptors (Lipinski definition) is 7. The smallest absolute Gasteiger partial charge is 0.252 e. The van der Waals surface area contributed by atoms with Gasteiger partial charge in [0.2, 0.25) is 5.91 Å². The van der Waals surface area contributed by atoms with E-state index in [1.807, 2.05) is 30.3 Å². The molecule has 3 heterocycles. The molecule has 27 heavy (non-hydrogen) atoms. The Morgan fingerprint density at radius 1 is 1.41 bits per heavy atom. The Kier molecular flexibility index (Phi) is 4.99. The summed E-state index contributed by atoms with van der Waals surface area (Å²) in [6.07, 6.45) is 3.16. The van der Waals surface area contributed by atoms with E-state index >= 15 is 0 Å². The van der Waals surface area contributed by atoms with Gasteiger partial charge in [0.25, 0.3) is 5.89 Å². The first kappa shape index (κ1) is 17.4. The third-order valence-electron chi connectivity index (χ3n) is 4.30. The average molecular weight is 369 g/mol. The summed E-state index contributed by atoms with van der Waals surface area (Å²) in [5.41, 5.74) is 0.784. The van der Waals surface area contributed by atoms with E-state index < -0.39 is 6.04 Å². The van der Waals surface area contributed by atoms with Crippen molar-refractivity contribution in [1.82, 2.24) is 15.0 Å². The van der Waals surface area contributed by atoms with Gasteiger partial charge < -0.3 is 23.3 Å². The zero-order valence-electron chi connectivity index (χ0n) is 14.8. The van der Waals surface area contributed by atoms with Gasteiger partial charge in [-0.1, -0.05) is 23.4 Å². The minimum Gasteiger partial charge on any atom is -0.457 e. The van der Waals surface area contributed by atoms with Gasteiger partial charge in [0.15, 0.2) is 5.82 Å². The van der Waals surface area contributed by atoms with E-state index in [1.165, 1.54) is 6.08 Å². The predicted molar refractivity (Wildman–Crippen MR) is 95.5 cm³/mol. The van der Waals surface area contributed by atoms with Crippen molar-refractivity contribution >= 4 is 23.0 Å². The highest BCUT2D eigenvalue weighted by molar-refractivity contribution is 5.92. The minimum absolute atomic E-state index is 0.165. The van der Waals surface area contributed by atoms with E-state index in [-0.39, 0.29) is 12.5 Å². The van der Waals surface area contributed by atoms with Crippen LogP contribution in [0.2, 0.25) is 0 Å². The van der Waals surface area contributed by atoms with E-state index in [0.29, 0.717) is 37.2 Å². The van der Waals surface area contributed by atoms with Gasteiger partial charge in [0.1, 0.15) is 24.0 Å². The molecular formula is C19H19N3O5. The Hall–Kier alpha value is -2.97. The van der Waals surface area contributed by atoms with E-state index in [2.05, 4.69) is 10.1 Å². The molecule has 8 heteroatoms. The van der Waals surface area contributed by atoms with Crippen molar-refractivity contribution in [2.75, 3.05) is 26.9 Å². The number of carbonyl (C=O) groups excluding carboxylic acids is 1. The van der Waals surface area contributed by atoms with Gasteiger partial charge in [-0.3, -0.25) is 4.79 Å². The van der Waals surface area contributed by atoms with Crippen LogP contribution < -0.4 is 0 Å². The maximum Gasteiger partial charge on any atom is 0.252 e. The molecule has 1 unspecified atom stereocenters. The van der Waals surface area contributed by atoms with E-state index in [0.717, 1.165) is 11.0 Å². The molecule has 1 amide bonds. The number of morpholine rings is 1. The maximum absolute atomic E-state index is 12.7. The molecule has 4 rings (SSSR count). The molecule has 0 N–H and O–H groups in total. The number of ether oxygens (including phenoxy) is 2. The molecule has 1 aliphatic heterocycles. The Labute approximate surface area is 155 Å². The average Bonchev–Trinajstić information content (AvgIpc) is 3.33. The highest BCUT2D eigenvalue weighted by Gasteiger charge is 2.31. The molecule has 1 aromatic carbocycles. The standard InChI is InChI=1S/C19H19N3O5/c1-24-12-17-20-19(21-27-17)15-11-25-9-8-22(15)18(23)7-6-14-10-13-4-2-3-5-16(13)26-14/h2-7,10,15H,8-9,11-12H2,1H3. The van der Waals surface area contributed by atoms with Gasteiger partial charge in [-0.15, -0.1) is 0 Å². The summed E-state index contributed by atoms with van der Waals surface area (Å²) >= 11 is 0. The highest BCUT2D eigenvalue weighted by Crippen LogP contribution is 2.24. The number of carbonyl (C=O) groups is 1. The Balaban J connectivity index is 1.51. The third-order valence-corrected chi connectivity index (χ3v) is 4.30. The van der Waals surface area contributed by atoms with Crippen LogP contribution >= 0.6 is 0 Å². The lowest BCUT2D eigenvalue weighted by atomic mass is 10.2. The van der Waals surface area contributed by atoms with Gasteiger partial charge in [-0.2, -0.15) is 4.98 Å². The van der Waals surface area contributed by atoms with Crippen molar-refractivity contribution in [1.29, 1.82) is 0 Å². The molecular weight excluding hydrogens is 350 g/mol. The zero-order valence-corrected chi connectivity index (χ0v) is 14.8. The number of furan rings is 1. The first-order valence-electron chi connectivity index (χ1n) is 8.61. The van der Waals surface area contributed by atoms with E-state index in [4.69, 9.17) is 18.4 Å². The largest absolute Gasteiger partial charge is 0.457 e. The number of nitrogens with zero attached hydrogens (tertiary/aromatic N) is 3. The van der Waals surface area contributed by atoms with Crippen LogP contribution in [0.3, 0.4) is 0 Å². The minimum atomic E-state index is -0.402. The van der Waals surface area contributed by atoms with Gasteiger partial charge in [-0.05, 0) is 18.2 Å². The summed E-state index contributed by atoms with van der Waals surface area (Å²) in [6, 6.07) is 9.19. The molecule has 2 aromatic heterocycles. The molecule has 140 valence electrons. The van der Waals surface area contributed by atoms with Crippen molar-refractivity contribution in [3.05, 3.63) is 53.9 Å². The summed E-state index contributed by atoms with van der Waals surface area (Å²) in [5, 5.41) is 4.95. The molecule has 1 atom stereocenters. The van der Waals surface area contributed by atoms with Crippen molar-refractivity contribution in [2.24, 2.45) is 0 Å². The summed E-state index contributed by atoms with van der Waals surface area (Å²) in [4.78, 5) is 18.7. The normalized spacial score (nSPS) is 17.8.